The summed E-state index contributed by atoms with van der Waals surface area (Å²) in [7, 11) is 3.86. The van der Waals surface area contributed by atoms with Gasteiger partial charge in [-0.1, -0.05) is 12.8 Å². The Bertz CT molecular complexity index is 266. The molecule has 1 atom stereocenters. The zero-order chi connectivity index (χ0) is 14.1. The normalized spacial score (nSPS) is 18.9. The van der Waals surface area contributed by atoms with Crippen molar-refractivity contribution in [2.24, 2.45) is 10.8 Å². The molecule has 0 bridgehead atoms. The average Bonchev–Trinajstić information content (AvgIpc) is 2.91. The number of nitrogens with two attached hydrogens (primary N) is 1. The summed E-state index contributed by atoms with van der Waals surface area (Å²) in [6, 6.07) is 0.928. The van der Waals surface area contributed by atoms with Crippen LogP contribution in [0.15, 0.2) is 4.99 Å². The fourth-order valence-corrected chi connectivity index (χ4v) is 2.51. The van der Waals surface area contributed by atoms with Crippen molar-refractivity contribution in [3.63, 3.8) is 0 Å². The first kappa shape index (κ1) is 16.2. The molecule has 1 saturated carbocycles. The number of rotatable bonds is 7. The van der Waals surface area contributed by atoms with Crippen LogP contribution < -0.4 is 16.6 Å². The lowest BCUT2D eigenvalue weighted by Gasteiger charge is -2.23. The van der Waals surface area contributed by atoms with Crippen LogP contribution in [0, 0.1) is 0 Å². The second-order valence-corrected chi connectivity index (χ2v) is 5.29. The van der Waals surface area contributed by atoms with Crippen molar-refractivity contribution in [3.8, 4) is 0 Å². The van der Waals surface area contributed by atoms with E-state index in [9.17, 15) is 0 Å². The minimum Gasteiger partial charge on any atom is -0.383 e. The van der Waals surface area contributed by atoms with Crippen molar-refractivity contribution in [2.45, 2.75) is 44.7 Å². The average molecular weight is 271 g/mol. The van der Waals surface area contributed by atoms with Gasteiger partial charge in [-0.2, -0.15) is 0 Å². The van der Waals surface area contributed by atoms with E-state index in [4.69, 9.17) is 10.6 Å². The van der Waals surface area contributed by atoms with E-state index < -0.39 is 0 Å². The van der Waals surface area contributed by atoms with E-state index >= 15 is 0 Å². The number of hydrogen-bond donors (Lipinski definition) is 3. The van der Waals surface area contributed by atoms with Crippen LogP contribution in [0.3, 0.4) is 0 Å². The summed E-state index contributed by atoms with van der Waals surface area (Å²) in [4.78, 5) is 6.85. The molecule has 0 saturated heterocycles. The third-order valence-electron chi connectivity index (χ3n) is 3.61. The highest BCUT2D eigenvalue weighted by Gasteiger charge is 2.18. The summed E-state index contributed by atoms with van der Waals surface area (Å²) in [5, 5.41) is 3.18. The Morgan fingerprint density at radius 2 is 2.16 bits per heavy atom. The van der Waals surface area contributed by atoms with E-state index in [0.717, 1.165) is 19.1 Å². The maximum absolute atomic E-state index is 5.46. The van der Waals surface area contributed by atoms with E-state index in [0.29, 0.717) is 12.6 Å². The molecule has 4 N–H and O–H groups in total. The Hall–Kier alpha value is -0.850. The van der Waals surface area contributed by atoms with E-state index in [1.165, 1.54) is 25.7 Å². The third-order valence-corrected chi connectivity index (χ3v) is 3.61. The number of methoxy groups -OCH3 is 1. The molecule has 6 heteroatoms. The molecule has 0 aliphatic heterocycles. The first-order valence-corrected chi connectivity index (χ1v) is 7.14. The molecular weight excluding hydrogens is 242 g/mol. The van der Waals surface area contributed by atoms with E-state index in [1.807, 2.05) is 6.92 Å². The lowest BCUT2D eigenvalue weighted by atomic mass is 10.2. The first-order valence-electron chi connectivity index (χ1n) is 7.14. The van der Waals surface area contributed by atoms with E-state index in [1.54, 1.807) is 7.11 Å². The maximum atomic E-state index is 5.46. The minimum absolute atomic E-state index is 0.187. The number of ether oxygens (including phenoxy) is 1. The quantitative estimate of drug-likeness (QED) is 0.269. The van der Waals surface area contributed by atoms with Crippen LogP contribution in [0.4, 0.5) is 0 Å². The maximum Gasteiger partial charge on any atom is 0.206 e. The Kier molecular flexibility index (Phi) is 7.78. The third kappa shape index (κ3) is 6.22. The zero-order valence-corrected chi connectivity index (χ0v) is 12.5. The molecular formula is C13H29N5O. The highest BCUT2D eigenvalue weighted by molar-refractivity contribution is 5.79. The van der Waals surface area contributed by atoms with Gasteiger partial charge in [0.2, 0.25) is 5.96 Å². The summed E-state index contributed by atoms with van der Waals surface area (Å²) in [6.45, 7) is 4.37. The van der Waals surface area contributed by atoms with Gasteiger partial charge in [0.25, 0.3) is 0 Å². The zero-order valence-electron chi connectivity index (χ0n) is 12.5. The van der Waals surface area contributed by atoms with Crippen LogP contribution in [-0.4, -0.2) is 56.8 Å². The van der Waals surface area contributed by atoms with Gasteiger partial charge >= 0.3 is 0 Å². The summed E-state index contributed by atoms with van der Waals surface area (Å²) < 4.78 is 5.06. The van der Waals surface area contributed by atoms with Gasteiger partial charge in [-0.05, 0) is 26.8 Å². The van der Waals surface area contributed by atoms with Gasteiger partial charge in [0.15, 0.2) is 0 Å². The van der Waals surface area contributed by atoms with Gasteiger partial charge in [-0.15, -0.1) is 0 Å². The number of hydrazine groups is 1. The van der Waals surface area contributed by atoms with Gasteiger partial charge in [-0.3, -0.25) is 10.4 Å². The Labute approximate surface area is 116 Å². The van der Waals surface area contributed by atoms with Gasteiger partial charge in [-0.25, -0.2) is 5.84 Å². The SMILES string of the molecule is COCC(C)NC(=NCCN(C)C1CCCC1)NN. The molecule has 1 fully saturated rings. The van der Waals surface area contributed by atoms with Crippen molar-refractivity contribution in [1.29, 1.82) is 0 Å². The first-order chi connectivity index (χ1) is 9.17. The minimum atomic E-state index is 0.187. The van der Waals surface area contributed by atoms with Crippen LogP contribution in [0.1, 0.15) is 32.6 Å². The number of aliphatic imine (C=N–C) groups is 1. The van der Waals surface area contributed by atoms with Gasteiger partial charge in [0.1, 0.15) is 0 Å². The Balaban J connectivity index is 2.27. The predicted octanol–water partition coefficient (Wildman–Crippen LogP) is 0.305. The molecule has 0 aromatic rings. The van der Waals surface area contributed by atoms with Crippen molar-refractivity contribution >= 4 is 5.96 Å². The molecule has 19 heavy (non-hydrogen) atoms. The molecule has 6 nitrogen and oxygen atoms in total. The van der Waals surface area contributed by atoms with E-state index in [2.05, 4.69) is 27.7 Å². The fourth-order valence-electron chi connectivity index (χ4n) is 2.51. The number of likely N-dealkylation sites (N-methyl/N-ethyl adjacent to an activating group) is 1. The molecule has 1 rings (SSSR count). The largest absolute Gasteiger partial charge is 0.383 e. The number of hydrogen-bond acceptors (Lipinski definition) is 4. The molecule has 1 unspecified atom stereocenters. The summed E-state index contributed by atoms with van der Waals surface area (Å²) >= 11 is 0. The fraction of sp³-hybridized carbons (Fsp3) is 0.923. The second-order valence-electron chi connectivity index (χ2n) is 5.29. The van der Waals surface area contributed by atoms with E-state index in [-0.39, 0.29) is 6.04 Å². The highest BCUT2D eigenvalue weighted by atomic mass is 16.5. The predicted molar refractivity (Wildman–Crippen MR) is 79.0 cm³/mol. The van der Waals surface area contributed by atoms with Crippen molar-refractivity contribution in [1.82, 2.24) is 15.6 Å². The van der Waals surface area contributed by atoms with Crippen molar-refractivity contribution in [2.75, 3.05) is 33.9 Å². The smallest absolute Gasteiger partial charge is 0.206 e. The Morgan fingerprint density at radius 1 is 1.47 bits per heavy atom. The molecule has 0 spiro atoms. The molecule has 1 aliphatic carbocycles. The van der Waals surface area contributed by atoms with Crippen LogP contribution in [0.2, 0.25) is 0 Å². The number of nitrogens with zero attached hydrogens (tertiary/aromatic N) is 2. The highest BCUT2D eigenvalue weighted by Crippen LogP contribution is 2.21. The lowest BCUT2D eigenvalue weighted by molar-refractivity contribution is 0.179. The van der Waals surface area contributed by atoms with Crippen molar-refractivity contribution in [3.05, 3.63) is 0 Å². The molecule has 0 aromatic heterocycles. The number of guanidine groups is 1. The lowest BCUT2D eigenvalue weighted by Crippen LogP contribution is -2.47. The molecule has 112 valence electrons. The van der Waals surface area contributed by atoms with Crippen LogP contribution in [0.25, 0.3) is 0 Å². The molecule has 1 aliphatic rings. The van der Waals surface area contributed by atoms with Crippen LogP contribution >= 0.6 is 0 Å². The second kappa shape index (κ2) is 9.12. The molecule has 0 radical (unpaired) electrons. The monoisotopic (exact) mass is 271 g/mol. The van der Waals surface area contributed by atoms with Gasteiger partial charge in [0.05, 0.1) is 13.2 Å². The summed E-state index contributed by atoms with van der Waals surface area (Å²) in [5.74, 6) is 6.09. The summed E-state index contributed by atoms with van der Waals surface area (Å²) in [6.07, 6.45) is 5.38. The van der Waals surface area contributed by atoms with Gasteiger partial charge < -0.3 is 15.0 Å². The van der Waals surface area contributed by atoms with Crippen LogP contribution in [-0.2, 0) is 4.74 Å². The van der Waals surface area contributed by atoms with Gasteiger partial charge in [0, 0.05) is 25.7 Å². The molecule has 0 amide bonds. The summed E-state index contributed by atoms with van der Waals surface area (Å²) in [5.41, 5.74) is 2.60. The van der Waals surface area contributed by atoms with Crippen molar-refractivity contribution < 1.29 is 4.74 Å². The number of nitrogens with one attached hydrogen (secondary N) is 2. The standard InChI is InChI=1S/C13H29N5O/c1-11(10-19-3)16-13(17-14)15-8-9-18(2)12-6-4-5-7-12/h11-12H,4-10,14H2,1-3H3,(H2,15,16,17). The Morgan fingerprint density at radius 3 is 2.74 bits per heavy atom. The topological polar surface area (TPSA) is 74.9 Å². The molecule has 0 aromatic carbocycles. The van der Waals surface area contributed by atoms with Crippen LogP contribution in [0.5, 0.6) is 0 Å². The molecule has 0 heterocycles.